The van der Waals surface area contributed by atoms with Crippen molar-refractivity contribution < 1.29 is 23.3 Å². The van der Waals surface area contributed by atoms with Gasteiger partial charge in [-0.25, -0.2) is 4.98 Å². The monoisotopic (exact) mass is 741 g/mol. The molecular weight excluding hydrogens is 693 g/mol. The van der Waals surface area contributed by atoms with E-state index in [9.17, 15) is 19.2 Å². The summed E-state index contributed by atoms with van der Waals surface area (Å²) in [6, 6.07) is 14.0. The Bertz CT molecular complexity index is 2500. The summed E-state index contributed by atoms with van der Waals surface area (Å²) in [5.74, 6) is 5.73. The van der Waals surface area contributed by atoms with Crippen molar-refractivity contribution in [1.29, 1.82) is 0 Å². The van der Waals surface area contributed by atoms with Crippen molar-refractivity contribution in [3.63, 3.8) is 0 Å². The zero-order valence-electron chi connectivity index (χ0n) is 33.9. The summed E-state index contributed by atoms with van der Waals surface area (Å²) in [5, 5.41) is 11.9. The minimum absolute atomic E-state index is 0.195. The smallest absolute Gasteiger partial charge is 0.256 e. The highest BCUT2D eigenvalue weighted by Crippen LogP contribution is 2.33. The Labute approximate surface area is 324 Å². The fourth-order valence-electron chi connectivity index (χ4n) is 8.09. The highest BCUT2D eigenvalue weighted by molar-refractivity contribution is 6.07. The van der Waals surface area contributed by atoms with Crippen molar-refractivity contribution in [2.75, 3.05) is 18.8 Å². The second kappa shape index (κ2) is 15.5. The van der Waals surface area contributed by atoms with Crippen LogP contribution in [0, 0.1) is 18.8 Å². The van der Waals surface area contributed by atoms with Crippen LogP contribution < -0.4 is 10.6 Å². The van der Waals surface area contributed by atoms with Crippen molar-refractivity contribution in [1.82, 2.24) is 34.9 Å². The number of H-pyrrole nitrogens is 1. The predicted octanol–water partition coefficient (Wildman–Crippen LogP) is 6.39. The molecule has 0 spiro atoms. The molecule has 0 bridgehead atoms. The molecule has 3 N–H and O–H groups in total. The molecule has 2 aromatic carbocycles. The maximum atomic E-state index is 13.4. The van der Waals surface area contributed by atoms with Gasteiger partial charge >= 0.3 is 0 Å². The van der Waals surface area contributed by atoms with Crippen LogP contribution in [0.5, 0.6) is 0 Å². The fraction of sp³-hybridized carbons (Fsp3) is 0.395. The lowest BCUT2D eigenvalue weighted by Crippen LogP contribution is -2.52. The van der Waals surface area contributed by atoms with Gasteiger partial charge in [-0.2, -0.15) is 5.10 Å². The number of aromatic nitrogens is 4. The molecule has 8 rings (SSSR count). The number of imide groups is 1. The van der Waals surface area contributed by atoms with Gasteiger partial charge < -0.3 is 15.2 Å². The van der Waals surface area contributed by atoms with E-state index in [1.54, 1.807) is 34.2 Å². The second-order valence-corrected chi connectivity index (χ2v) is 14.8. The molecule has 282 valence electrons. The fourth-order valence-corrected chi connectivity index (χ4v) is 8.09. The molecule has 3 aliphatic rings. The van der Waals surface area contributed by atoms with Crippen molar-refractivity contribution >= 4 is 51.3 Å². The molecule has 1 unspecified atom stereocenters. The van der Waals surface area contributed by atoms with E-state index in [4.69, 9.17) is 9.21 Å². The molecule has 0 saturated carbocycles. The number of carbonyl (C=O) groups is 4. The maximum Gasteiger partial charge on any atom is 0.256 e. The number of benzene rings is 2. The summed E-state index contributed by atoms with van der Waals surface area (Å²) in [6.45, 7) is 1.39. The van der Waals surface area contributed by atoms with Gasteiger partial charge in [0.05, 0.1) is 16.7 Å². The third kappa shape index (κ3) is 7.49. The molecule has 2 atom stereocenters. The van der Waals surface area contributed by atoms with Gasteiger partial charge in [-0.1, -0.05) is 43.2 Å². The number of pyridine rings is 1. The lowest BCUT2D eigenvalue weighted by molar-refractivity contribution is -0.136. The van der Waals surface area contributed by atoms with Crippen LogP contribution in [0.1, 0.15) is 118 Å². The van der Waals surface area contributed by atoms with Crippen LogP contribution in [-0.4, -0.2) is 72.7 Å². The summed E-state index contributed by atoms with van der Waals surface area (Å²) < 4.78 is 25.7. The van der Waals surface area contributed by atoms with Gasteiger partial charge in [0.2, 0.25) is 11.8 Å². The number of hydrogen-bond acceptors (Lipinski definition) is 7. The standard InChI is InChI=1S/C43H46N8O4/c1-27-31-17-16-29(41(53)46-39-24-34-30(25-44-39)22-35(45-34)36-15-11-20-49(36)2)23-38(31)51(48-27)21-9-7-5-3-4-6-8-12-28-13-10-14-32-33(28)26-50(43(32)55)37-18-19-40(52)47-42(37)54/h10,13-14,16-17,22-25,36-37,45H,3-7,9,11,15,18-21,26H2,1-2H3,(H,44,46,53)(H,47,52,54)/t36-,37?/m1/s1/i2D3. The Morgan fingerprint density at radius 1 is 1.04 bits per heavy atom. The van der Waals surface area contributed by atoms with E-state index in [-0.39, 0.29) is 30.2 Å². The molecule has 3 aromatic heterocycles. The summed E-state index contributed by atoms with van der Waals surface area (Å²) in [6.07, 6.45) is 9.60. The highest BCUT2D eigenvalue weighted by Gasteiger charge is 2.39. The lowest BCUT2D eigenvalue weighted by Gasteiger charge is -2.29. The van der Waals surface area contributed by atoms with Crippen LogP contribution in [0.3, 0.4) is 0 Å². The van der Waals surface area contributed by atoms with E-state index in [1.165, 1.54) is 0 Å². The van der Waals surface area contributed by atoms with Crippen LogP contribution >= 0.6 is 0 Å². The number of anilines is 1. The van der Waals surface area contributed by atoms with Crippen molar-refractivity contribution in [3.05, 3.63) is 88.4 Å². The zero-order chi connectivity index (χ0) is 40.6. The molecule has 12 heteroatoms. The normalized spacial score (nSPS) is 19.5. The summed E-state index contributed by atoms with van der Waals surface area (Å²) in [7, 11) is 0. The third-order valence-electron chi connectivity index (χ3n) is 11.1. The Morgan fingerprint density at radius 2 is 1.91 bits per heavy atom. The molecule has 5 aromatic rings. The quantitative estimate of drug-likeness (QED) is 0.0808. The van der Waals surface area contributed by atoms with Gasteiger partial charge in [-0.15, -0.1) is 0 Å². The summed E-state index contributed by atoms with van der Waals surface area (Å²) >= 11 is 0. The van der Waals surface area contributed by atoms with E-state index in [0.29, 0.717) is 36.5 Å². The Hall–Kier alpha value is -5.80. The molecule has 6 heterocycles. The van der Waals surface area contributed by atoms with Gasteiger partial charge in [0.15, 0.2) is 0 Å². The number of aryl methyl sites for hydroxylation is 2. The van der Waals surface area contributed by atoms with Gasteiger partial charge in [-0.3, -0.25) is 34.1 Å². The van der Waals surface area contributed by atoms with E-state index in [2.05, 4.69) is 32.4 Å². The number of nitrogens with one attached hydrogen (secondary N) is 3. The number of fused-ring (bicyclic) bond motifs is 3. The lowest BCUT2D eigenvalue weighted by atomic mass is 10.0. The number of piperidine rings is 1. The second-order valence-electron chi connectivity index (χ2n) is 14.8. The molecule has 0 radical (unpaired) electrons. The number of nitrogens with zero attached hydrogens (tertiary/aromatic N) is 5. The molecule has 0 aliphatic carbocycles. The Morgan fingerprint density at radius 3 is 2.78 bits per heavy atom. The summed E-state index contributed by atoms with van der Waals surface area (Å²) in [4.78, 5) is 61.5. The molecule has 12 nitrogen and oxygen atoms in total. The van der Waals surface area contributed by atoms with Crippen molar-refractivity contribution in [2.24, 2.45) is 0 Å². The Balaban J connectivity index is 0.814. The first-order chi connectivity index (χ1) is 27.9. The van der Waals surface area contributed by atoms with Crippen LogP contribution in [-0.2, 0) is 22.7 Å². The average molecular weight is 742 g/mol. The number of carbonyl (C=O) groups excluding carboxylic acids is 4. The molecular formula is C43H46N8O4. The van der Waals surface area contributed by atoms with Gasteiger partial charge in [0.25, 0.3) is 11.8 Å². The molecule has 2 saturated heterocycles. The molecule has 3 aliphatic heterocycles. The van der Waals surface area contributed by atoms with E-state index < -0.39 is 18.9 Å². The van der Waals surface area contributed by atoms with Crippen LogP contribution in [0.15, 0.2) is 54.7 Å². The van der Waals surface area contributed by atoms with Crippen molar-refractivity contribution in [2.45, 2.75) is 96.3 Å². The number of likely N-dealkylation sites (tertiary alicyclic amines) is 1. The first-order valence-corrected chi connectivity index (χ1v) is 19.2. The Kier molecular flexibility index (Phi) is 9.20. The third-order valence-corrected chi connectivity index (χ3v) is 11.1. The SMILES string of the molecule is [2H]C([2H])([2H])N1CCC[C@@H]1c1cc2cnc(NC(=O)c3ccc4c(C)nn(CCCCCCCC#Cc5cccc6c5CN(C5CCC(=O)NC5=O)C6=O)c4c3)cc2[nH]1. The topological polar surface area (TPSA) is 145 Å². The van der Waals surface area contributed by atoms with Crippen LogP contribution in [0.25, 0.3) is 21.8 Å². The van der Waals surface area contributed by atoms with E-state index >= 15 is 0 Å². The molecule has 4 amide bonds. The number of rotatable bonds is 11. The van der Waals surface area contributed by atoms with Crippen LogP contribution in [0.4, 0.5) is 5.82 Å². The number of amides is 4. The first-order valence-electron chi connectivity index (χ1n) is 20.7. The number of hydrogen-bond donors (Lipinski definition) is 3. The average Bonchev–Trinajstić information content (AvgIpc) is 3.99. The highest BCUT2D eigenvalue weighted by atomic mass is 16.2. The zero-order valence-corrected chi connectivity index (χ0v) is 30.9. The minimum atomic E-state index is -2.16. The number of unbranched alkanes of at least 4 members (excludes halogenated alkanes) is 5. The largest absolute Gasteiger partial charge is 0.357 e. The van der Waals surface area contributed by atoms with Gasteiger partial charge in [0, 0.05) is 81.5 Å². The van der Waals surface area contributed by atoms with Gasteiger partial charge in [-0.05, 0) is 88.4 Å². The molecule has 55 heavy (non-hydrogen) atoms. The van der Waals surface area contributed by atoms with Crippen LogP contribution in [0.2, 0.25) is 0 Å². The summed E-state index contributed by atoms with van der Waals surface area (Å²) in [5.41, 5.74) is 6.15. The van der Waals surface area contributed by atoms with E-state index in [0.717, 1.165) is 102 Å². The van der Waals surface area contributed by atoms with Crippen molar-refractivity contribution in [3.8, 4) is 11.8 Å². The molecule has 2 fully saturated rings. The van der Waals surface area contributed by atoms with Gasteiger partial charge in [0.1, 0.15) is 11.9 Å². The first kappa shape index (κ1) is 32.6. The predicted molar refractivity (Wildman–Crippen MR) is 210 cm³/mol. The maximum absolute atomic E-state index is 13.4. The van der Waals surface area contributed by atoms with E-state index in [1.807, 2.05) is 41.9 Å². The minimum Gasteiger partial charge on any atom is -0.357 e. The number of aromatic amines is 1.